The van der Waals surface area contributed by atoms with Gasteiger partial charge in [-0.05, 0) is 39.6 Å². The van der Waals surface area contributed by atoms with Crippen LogP contribution in [0, 0.1) is 0 Å². The fraction of sp³-hybridized carbons (Fsp3) is 0.148. The first-order chi connectivity index (χ1) is 15.7. The summed E-state index contributed by atoms with van der Waals surface area (Å²) in [5, 5.41) is 19.4. The van der Waals surface area contributed by atoms with Gasteiger partial charge in [0.1, 0.15) is 5.75 Å². The molecule has 0 amide bonds. The number of fused-ring (bicyclic) bond motifs is 1. The Labute approximate surface area is 188 Å². The number of guanidine groups is 1. The van der Waals surface area contributed by atoms with Crippen molar-refractivity contribution in [2.24, 2.45) is 4.99 Å². The van der Waals surface area contributed by atoms with Crippen LogP contribution in [0.1, 0.15) is 5.56 Å². The number of ether oxygens (including phenoxy) is 1. The SMILES string of the molecule is COCCNC(=NCc1cccc2ccccc12)Nc1cc(-c2ccccc2)ccc1O. The Morgan fingerprint density at radius 1 is 0.875 bits per heavy atom. The highest BCUT2D eigenvalue weighted by atomic mass is 16.5. The first-order valence-corrected chi connectivity index (χ1v) is 10.6. The minimum atomic E-state index is 0.163. The highest BCUT2D eigenvalue weighted by molar-refractivity contribution is 5.96. The van der Waals surface area contributed by atoms with Crippen molar-refractivity contribution in [3.05, 3.63) is 96.6 Å². The van der Waals surface area contributed by atoms with E-state index in [-0.39, 0.29) is 5.75 Å². The van der Waals surface area contributed by atoms with Gasteiger partial charge in [-0.2, -0.15) is 0 Å². The summed E-state index contributed by atoms with van der Waals surface area (Å²) < 4.78 is 5.17. The summed E-state index contributed by atoms with van der Waals surface area (Å²) in [6.45, 7) is 1.64. The summed E-state index contributed by atoms with van der Waals surface area (Å²) in [4.78, 5) is 4.78. The zero-order valence-electron chi connectivity index (χ0n) is 18.1. The largest absolute Gasteiger partial charge is 0.506 e. The predicted molar refractivity (Wildman–Crippen MR) is 132 cm³/mol. The van der Waals surface area contributed by atoms with E-state index in [1.54, 1.807) is 13.2 Å². The Bertz CT molecular complexity index is 1200. The minimum Gasteiger partial charge on any atom is -0.506 e. The Hall–Kier alpha value is -3.83. The molecule has 4 aromatic carbocycles. The van der Waals surface area contributed by atoms with Crippen molar-refractivity contribution in [2.75, 3.05) is 25.6 Å². The molecule has 0 atom stereocenters. The Morgan fingerprint density at radius 2 is 1.66 bits per heavy atom. The summed E-state index contributed by atoms with van der Waals surface area (Å²) in [5.74, 6) is 0.742. The van der Waals surface area contributed by atoms with Crippen LogP contribution >= 0.6 is 0 Å². The number of aliphatic imine (C=N–C) groups is 1. The minimum absolute atomic E-state index is 0.163. The van der Waals surface area contributed by atoms with Crippen molar-refractivity contribution in [3.8, 4) is 16.9 Å². The molecule has 3 N–H and O–H groups in total. The van der Waals surface area contributed by atoms with Crippen LogP contribution in [0.3, 0.4) is 0 Å². The second-order valence-electron chi connectivity index (χ2n) is 7.45. The van der Waals surface area contributed by atoms with E-state index in [0.717, 1.165) is 16.7 Å². The lowest BCUT2D eigenvalue weighted by Gasteiger charge is -2.15. The fourth-order valence-corrected chi connectivity index (χ4v) is 3.58. The van der Waals surface area contributed by atoms with Crippen LogP contribution in [0.2, 0.25) is 0 Å². The summed E-state index contributed by atoms with van der Waals surface area (Å²) in [6.07, 6.45) is 0. The number of rotatable bonds is 7. The molecule has 4 rings (SSSR count). The molecule has 5 nitrogen and oxygen atoms in total. The molecule has 0 aliphatic carbocycles. The second kappa shape index (κ2) is 10.5. The van der Waals surface area contributed by atoms with E-state index < -0.39 is 0 Å². The number of phenolic OH excluding ortho intramolecular Hbond substituents is 1. The molecule has 0 unspecified atom stereocenters. The molecular weight excluding hydrogens is 398 g/mol. The van der Waals surface area contributed by atoms with Crippen LogP contribution in [0.5, 0.6) is 5.75 Å². The smallest absolute Gasteiger partial charge is 0.196 e. The number of phenols is 1. The van der Waals surface area contributed by atoms with Crippen molar-refractivity contribution in [2.45, 2.75) is 6.54 Å². The molecule has 0 aliphatic rings. The van der Waals surface area contributed by atoms with Gasteiger partial charge in [-0.25, -0.2) is 4.99 Å². The molecule has 32 heavy (non-hydrogen) atoms. The first kappa shape index (κ1) is 21.4. The number of nitrogens with one attached hydrogen (secondary N) is 2. The highest BCUT2D eigenvalue weighted by Gasteiger charge is 2.08. The summed E-state index contributed by atoms with van der Waals surface area (Å²) in [7, 11) is 1.66. The third kappa shape index (κ3) is 5.25. The zero-order valence-corrected chi connectivity index (χ0v) is 18.1. The molecule has 5 heteroatoms. The van der Waals surface area contributed by atoms with Gasteiger partial charge in [0.2, 0.25) is 0 Å². The van der Waals surface area contributed by atoms with Gasteiger partial charge in [0.25, 0.3) is 0 Å². The quantitative estimate of drug-likeness (QED) is 0.160. The fourth-order valence-electron chi connectivity index (χ4n) is 3.58. The molecule has 0 saturated carbocycles. The Balaban J connectivity index is 1.60. The number of hydrogen-bond acceptors (Lipinski definition) is 3. The van der Waals surface area contributed by atoms with E-state index in [9.17, 15) is 5.11 Å². The molecule has 0 bridgehead atoms. The average molecular weight is 426 g/mol. The van der Waals surface area contributed by atoms with Gasteiger partial charge in [0.15, 0.2) is 5.96 Å². The van der Waals surface area contributed by atoms with Crippen molar-refractivity contribution in [3.63, 3.8) is 0 Å². The van der Waals surface area contributed by atoms with E-state index in [4.69, 9.17) is 9.73 Å². The second-order valence-corrected chi connectivity index (χ2v) is 7.45. The van der Waals surface area contributed by atoms with Crippen LogP contribution in [-0.2, 0) is 11.3 Å². The predicted octanol–water partition coefficient (Wildman–Crippen LogP) is 5.42. The van der Waals surface area contributed by atoms with Crippen LogP contribution in [-0.4, -0.2) is 31.3 Å². The molecule has 0 heterocycles. The molecule has 0 aliphatic heterocycles. The van der Waals surface area contributed by atoms with Gasteiger partial charge >= 0.3 is 0 Å². The zero-order chi connectivity index (χ0) is 22.2. The Kier molecular flexibility index (Phi) is 7.00. The van der Waals surface area contributed by atoms with Gasteiger partial charge in [0.05, 0.1) is 18.8 Å². The third-order valence-corrected chi connectivity index (χ3v) is 5.24. The number of methoxy groups -OCH3 is 1. The van der Waals surface area contributed by atoms with E-state index in [1.807, 2.05) is 60.7 Å². The molecule has 162 valence electrons. The first-order valence-electron chi connectivity index (χ1n) is 10.6. The van der Waals surface area contributed by atoms with Crippen LogP contribution < -0.4 is 10.6 Å². The number of hydrogen-bond donors (Lipinski definition) is 3. The van der Waals surface area contributed by atoms with Crippen LogP contribution in [0.25, 0.3) is 21.9 Å². The van der Waals surface area contributed by atoms with Crippen LogP contribution in [0.15, 0.2) is 96.0 Å². The molecular formula is C27H27N3O2. The normalized spacial score (nSPS) is 11.5. The maximum atomic E-state index is 10.5. The number of benzene rings is 4. The van der Waals surface area contributed by atoms with Crippen molar-refractivity contribution < 1.29 is 9.84 Å². The van der Waals surface area contributed by atoms with E-state index in [2.05, 4.69) is 34.9 Å². The molecule has 4 aromatic rings. The van der Waals surface area contributed by atoms with Crippen molar-refractivity contribution in [1.82, 2.24) is 5.32 Å². The molecule has 0 saturated heterocycles. The summed E-state index contributed by atoms with van der Waals surface area (Å²) in [6, 6.07) is 30.1. The van der Waals surface area contributed by atoms with Crippen molar-refractivity contribution >= 4 is 22.4 Å². The molecule has 0 fully saturated rings. The summed E-state index contributed by atoms with van der Waals surface area (Å²) in [5.41, 5.74) is 3.82. The monoisotopic (exact) mass is 425 g/mol. The van der Waals surface area contributed by atoms with E-state index >= 15 is 0 Å². The van der Waals surface area contributed by atoms with Gasteiger partial charge in [-0.3, -0.25) is 0 Å². The molecule has 0 spiro atoms. The lowest BCUT2D eigenvalue weighted by Crippen LogP contribution is -2.33. The van der Waals surface area contributed by atoms with E-state index in [0.29, 0.717) is 31.3 Å². The van der Waals surface area contributed by atoms with Gasteiger partial charge in [-0.15, -0.1) is 0 Å². The topological polar surface area (TPSA) is 65.9 Å². The standard InChI is InChI=1S/C27H27N3O2/c1-32-17-16-28-27(29-19-23-12-7-11-21-10-5-6-13-24(21)23)30-25-18-22(14-15-26(25)31)20-8-3-2-4-9-20/h2-15,18,31H,16-17,19H2,1H3,(H2,28,29,30). The van der Waals surface area contributed by atoms with Gasteiger partial charge < -0.3 is 20.5 Å². The van der Waals surface area contributed by atoms with Crippen LogP contribution in [0.4, 0.5) is 5.69 Å². The van der Waals surface area contributed by atoms with E-state index in [1.165, 1.54) is 10.8 Å². The summed E-state index contributed by atoms with van der Waals surface area (Å²) >= 11 is 0. The maximum Gasteiger partial charge on any atom is 0.196 e. The lowest BCUT2D eigenvalue weighted by molar-refractivity contribution is 0.204. The molecule has 0 aromatic heterocycles. The van der Waals surface area contributed by atoms with Gasteiger partial charge in [0, 0.05) is 13.7 Å². The number of anilines is 1. The number of aromatic hydroxyl groups is 1. The lowest BCUT2D eigenvalue weighted by atomic mass is 10.0. The maximum absolute atomic E-state index is 10.5. The van der Waals surface area contributed by atoms with Crippen molar-refractivity contribution in [1.29, 1.82) is 0 Å². The third-order valence-electron chi connectivity index (χ3n) is 5.24. The number of nitrogens with zero attached hydrogens (tertiary/aromatic N) is 1. The van der Waals surface area contributed by atoms with Gasteiger partial charge in [-0.1, -0.05) is 78.9 Å². The molecule has 0 radical (unpaired) electrons. The average Bonchev–Trinajstić information content (AvgIpc) is 2.84. The Morgan fingerprint density at radius 3 is 2.50 bits per heavy atom. The highest BCUT2D eigenvalue weighted by Crippen LogP contribution is 2.29.